The molecule has 0 heterocycles. The lowest BCUT2D eigenvalue weighted by atomic mass is 9.76. The lowest BCUT2D eigenvalue weighted by molar-refractivity contribution is -0.0910. The summed E-state index contributed by atoms with van der Waals surface area (Å²) in [7, 11) is 0.803. The van der Waals surface area contributed by atoms with E-state index in [1.807, 2.05) is 27.7 Å². The fourth-order valence-corrected chi connectivity index (χ4v) is 1.68. The maximum absolute atomic E-state index is 9.89. The highest BCUT2D eigenvalue weighted by molar-refractivity contribution is 6.29. The molecule has 0 atom stereocenters. The lowest BCUT2D eigenvalue weighted by Gasteiger charge is -2.38. The van der Waals surface area contributed by atoms with Crippen molar-refractivity contribution in [1.29, 1.82) is 0 Å². The van der Waals surface area contributed by atoms with Gasteiger partial charge in [-0.05, 0) is 33.5 Å². The Balaban J connectivity index is 2.35. The molecule has 0 bridgehead atoms. The van der Waals surface area contributed by atoms with Gasteiger partial charge in [0.15, 0.2) is 0 Å². The van der Waals surface area contributed by atoms with Crippen LogP contribution in [0.4, 0.5) is 0 Å². The molecule has 14 heavy (non-hydrogen) atoms. The Labute approximate surface area is 88.3 Å². The Hall–Kier alpha value is -0.0151. The molecule has 82 valence electrons. The van der Waals surface area contributed by atoms with Crippen LogP contribution in [0.3, 0.4) is 0 Å². The van der Waals surface area contributed by atoms with E-state index in [9.17, 15) is 5.11 Å². The van der Waals surface area contributed by atoms with E-state index in [4.69, 9.17) is 4.65 Å². The van der Waals surface area contributed by atoms with Gasteiger partial charge in [0.05, 0.1) is 11.2 Å². The summed E-state index contributed by atoms with van der Waals surface area (Å²) < 4.78 is 5.83. The summed E-state index contributed by atoms with van der Waals surface area (Å²) in [5, 5.41) is 9.89. The van der Waals surface area contributed by atoms with Crippen molar-refractivity contribution in [2.24, 2.45) is 0 Å². The summed E-state index contributed by atoms with van der Waals surface area (Å²) in [5.41, 5.74) is -1.22. The van der Waals surface area contributed by atoms with E-state index in [0.717, 1.165) is 13.3 Å². The minimum atomic E-state index is -0.772. The molecule has 1 aliphatic carbocycles. The van der Waals surface area contributed by atoms with Crippen molar-refractivity contribution < 1.29 is 9.76 Å². The highest BCUT2D eigenvalue weighted by Crippen LogP contribution is 2.32. The van der Waals surface area contributed by atoms with Gasteiger partial charge in [0.1, 0.15) is 0 Å². The number of aliphatic hydroxyl groups is 1. The van der Waals surface area contributed by atoms with Crippen LogP contribution in [0.15, 0.2) is 0 Å². The first-order valence-electron chi connectivity index (χ1n) is 5.69. The van der Waals surface area contributed by atoms with Crippen LogP contribution in [0, 0.1) is 0 Å². The van der Waals surface area contributed by atoms with E-state index >= 15 is 0 Å². The number of hydrogen-bond acceptors (Lipinski definition) is 2. The van der Waals surface area contributed by atoms with Gasteiger partial charge in [-0.15, -0.1) is 0 Å². The molecule has 1 fully saturated rings. The summed E-state index contributed by atoms with van der Waals surface area (Å²) in [6, 6.07) is 0. The third-order valence-electron chi connectivity index (χ3n) is 3.63. The van der Waals surface area contributed by atoms with Crippen molar-refractivity contribution >= 4 is 7.48 Å². The SMILES string of the molecule is CC(C)(O)C(C)(C)OBC1CCCC1. The van der Waals surface area contributed by atoms with Crippen molar-refractivity contribution in [3.05, 3.63) is 0 Å². The quantitative estimate of drug-likeness (QED) is 0.702. The van der Waals surface area contributed by atoms with Crippen LogP contribution in [-0.4, -0.2) is 23.8 Å². The van der Waals surface area contributed by atoms with Gasteiger partial charge in [0.2, 0.25) is 0 Å². The summed E-state index contributed by atoms with van der Waals surface area (Å²) in [6.45, 7) is 7.53. The molecular formula is C11H23BO2. The second-order valence-electron chi connectivity index (χ2n) is 5.53. The van der Waals surface area contributed by atoms with Gasteiger partial charge < -0.3 is 9.76 Å². The van der Waals surface area contributed by atoms with E-state index in [-0.39, 0.29) is 0 Å². The topological polar surface area (TPSA) is 29.5 Å². The average molecular weight is 198 g/mol. The first kappa shape index (κ1) is 12.1. The molecule has 0 spiro atoms. The molecule has 0 aromatic heterocycles. The monoisotopic (exact) mass is 198 g/mol. The van der Waals surface area contributed by atoms with Crippen molar-refractivity contribution in [3.63, 3.8) is 0 Å². The largest absolute Gasteiger partial charge is 0.432 e. The molecule has 1 saturated carbocycles. The van der Waals surface area contributed by atoms with Crippen LogP contribution in [0.2, 0.25) is 5.82 Å². The number of hydrogen-bond donors (Lipinski definition) is 1. The maximum atomic E-state index is 9.89. The van der Waals surface area contributed by atoms with Crippen LogP contribution in [0.25, 0.3) is 0 Å². The number of rotatable bonds is 4. The van der Waals surface area contributed by atoms with Gasteiger partial charge in [-0.1, -0.05) is 25.7 Å². The minimum absolute atomic E-state index is 0.449. The third-order valence-corrected chi connectivity index (χ3v) is 3.63. The zero-order valence-electron chi connectivity index (χ0n) is 9.97. The molecule has 0 unspecified atom stereocenters. The zero-order chi connectivity index (χ0) is 10.8. The van der Waals surface area contributed by atoms with E-state index < -0.39 is 11.2 Å². The molecule has 1 N–H and O–H groups in total. The van der Waals surface area contributed by atoms with Crippen molar-refractivity contribution in [2.45, 2.75) is 70.4 Å². The summed E-state index contributed by atoms with van der Waals surface area (Å²) in [5.74, 6) is 0.719. The van der Waals surface area contributed by atoms with Gasteiger partial charge >= 0.3 is 0 Å². The van der Waals surface area contributed by atoms with Crippen molar-refractivity contribution in [3.8, 4) is 0 Å². The van der Waals surface area contributed by atoms with E-state index in [1.54, 1.807) is 0 Å². The molecule has 0 aromatic carbocycles. The van der Waals surface area contributed by atoms with Crippen molar-refractivity contribution in [1.82, 2.24) is 0 Å². The predicted octanol–water partition coefficient (Wildman–Crippen LogP) is 2.27. The average Bonchev–Trinajstić information content (AvgIpc) is 2.50. The van der Waals surface area contributed by atoms with Crippen molar-refractivity contribution in [2.75, 3.05) is 0 Å². The highest BCUT2D eigenvalue weighted by Gasteiger charge is 2.36. The minimum Gasteiger partial charge on any atom is -0.432 e. The van der Waals surface area contributed by atoms with E-state index in [0.29, 0.717) is 0 Å². The summed E-state index contributed by atoms with van der Waals surface area (Å²) in [4.78, 5) is 0. The molecule has 0 aromatic rings. The lowest BCUT2D eigenvalue weighted by Crippen LogP contribution is -2.48. The van der Waals surface area contributed by atoms with Gasteiger partial charge in [-0.2, -0.15) is 0 Å². The van der Waals surface area contributed by atoms with Crippen LogP contribution in [0.5, 0.6) is 0 Å². The summed E-state index contributed by atoms with van der Waals surface area (Å²) >= 11 is 0. The van der Waals surface area contributed by atoms with Crippen LogP contribution >= 0.6 is 0 Å². The predicted molar refractivity (Wildman–Crippen MR) is 60.8 cm³/mol. The molecule has 1 rings (SSSR count). The standard InChI is InChI=1S/C11H23BO2/c1-10(2,13)11(3,4)14-12-9-7-5-6-8-9/h9,12-13H,5-8H2,1-4H3. The Morgan fingerprint density at radius 2 is 1.64 bits per heavy atom. The molecule has 3 heteroatoms. The fraction of sp³-hybridized carbons (Fsp3) is 1.00. The van der Waals surface area contributed by atoms with Gasteiger partial charge in [0.25, 0.3) is 7.48 Å². The second-order valence-corrected chi connectivity index (χ2v) is 5.53. The molecule has 2 nitrogen and oxygen atoms in total. The van der Waals surface area contributed by atoms with E-state index in [2.05, 4.69) is 0 Å². The Morgan fingerprint density at radius 3 is 2.07 bits per heavy atom. The van der Waals surface area contributed by atoms with Gasteiger partial charge in [-0.25, -0.2) is 0 Å². The molecule has 1 aliphatic rings. The Kier molecular flexibility index (Phi) is 3.65. The fourth-order valence-electron chi connectivity index (χ4n) is 1.68. The molecule has 0 aliphatic heterocycles. The molecule has 0 saturated heterocycles. The molecular weight excluding hydrogens is 175 g/mol. The molecule has 0 radical (unpaired) electrons. The second kappa shape index (κ2) is 4.24. The van der Waals surface area contributed by atoms with Crippen LogP contribution in [0.1, 0.15) is 53.4 Å². The highest BCUT2D eigenvalue weighted by atomic mass is 16.5. The normalized spacial score (nSPS) is 20.1. The first-order chi connectivity index (χ1) is 6.33. The maximum Gasteiger partial charge on any atom is 0.278 e. The van der Waals surface area contributed by atoms with Gasteiger partial charge in [0, 0.05) is 0 Å². The van der Waals surface area contributed by atoms with E-state index in [1.165, 1.54) is 25.7 Å². The van der Waals surface area contributed by atoms with Crippen LogP contribution in [-0.2, 0) is 4.65 Å². The molecule has 0 amide bonds. The van der Waals surface area contributed by atoms with Crippen LogP contribution < -0.4 is 0 Å². The summed E-state index contributed by atoms with van der Waals surface area (Å²) in [6.07, 6.45) is 5.28. The Morgan fingerprint density at radius 1 is 1.14 bits per heavy atom. The Bertz CT molecular complexity index is 178. The smallest absolute Gasteiger partial charge is 0.278 e. The third kappa shape index (κ3) is 2.99. The zero-order valence-corrected chi connectivity index (χ0v) is 9.97. The van der Waals surface area contributed by atoms with Gasteiger partial charge in [-0.3, -0.25) is 0 Å². The first-order valence-corrected chi connectivity index (χ1v) is 5.69.